The molecule has 104 valence electrons. The van der Waals surface area contributed by atoms with Gasteiger partial charge in [-0.1, -0.05) is 30.7 Å². The number of hydrogen-bond acceptors (Lipinski definition) is 2. The number of benzene rings is 1. The van der Waals surface area contributed by atoms with Gasteiger partial charge in [0.15, 0.2) is 0 Å². The van der Waals surface area contributed by atoms with E-state index in [0.29, 0.717) is 12.1 Å². The fraction of sp³-hybridized carbons (Fsp3) is 0.467. The number of ether oxygens (including phenoxy) is 1. The third kappa shape index (κ3) is 4.63. The van der Waals surface area contributed by atoms with Crippen LogP contribution in [0.25, 0.3) is 6.08 Å². The number of nitrogens with one attached hydrogen (secondary N) is 1. The molecule has 1 fully saturated rings. The summed E-state index contributed by atoms with van der Waals surface area (Å²) in [5.74, 6) is 0.196. The molecular formula is C15H19F2NO. The molecule has 1 saturated heterocycles. The molecule has 1 aromatic rings. The molecule has 2 atom stereocenters. The summed E-state index contributed by atoms with van der Waals surface area (Å²) in [6, 6.07) is 7.65. The van der Waals surface area contributed by atoms with Crippen molar-refractivity contribution in [2.45, 2.75) is 44.9 Å². The van der Waals surface area contributed by atoms with E-state index in [-0.39, 0.29) is 5.75 Å². The minimum Gasteiger partial charge on any atom is -0.435 e. The molecule has 1 aromatic carbocycles. The summed E-state index contributed by atoms with van der Waals surface area (Å²) in [4.78, 5) is 0. The van der Waals surface area contributed by atoms with Crippen LogP contribution in [-0.4, -0.2) is 18.7 Å². The van der Waals surface area contributed by atoms with E-state index >= 15 is 0 Å². The maximum absolute atomic E-state index is 12.1. The molecule has 0 bridgehead atoms. The van der Waals surface area contributed by atoms with Crippen LogP contribution in [0, 0.1) is 0 Å². The first-order valence-electron chi connectivity index (χ1n) is 6.62. The van der Waals surface area contributed by atoms with Crippen molar-refractivity contribution in [1.82, 2.24) is 5.32 Å². The molecule has 0 amide bonds. The molecule has 0 aromatic heterocycles. The first-order chi connectivity index (χ1) is 9.13. The van der Waals surface area contributed by atoms with Crippen molar-refractivity contribution in [3.8, 4) is 5.75 Å². The van der Waals surface area contributed by atoms with Crippen molar-refractivity contribution in [3.05, 3.63) is 35.9 Å². The highest BCUT2D eigenvalue weighted by molar-refractivity contribution is 5.52. The van der Waals surface area contributed by atoms with Gasteiger partial charge < -0.3 is 10.1 Å². The van der Waals surface area contributed by atoms with Crippen molar-refractivity contribution in [1.29, 1.82) is 0 Å². The zero-order valence-electron chi connectivity index (χ0n) is 11.0. The molecule has 4 heteroatoms. The molecule has 19 heavy (non-hydrogen) atoms. The highest BCUT2D eigenvalue weighted by atomic mass is 19.3. The van der Waals surface area contributed by atoms with Gasteiger partial charge in [-0.05, 0) is 37.5 Å². The summed E-state index contributed by atoms with van der Waals surface area (Å²) >= 11 is 0. The molecule has 2 nitrogen and oxygen atoms in total. The number of hydrogen-bond donors (Lipinski definition) is 1. The largest absolute Gasteiger partial charge is 0.435 e. The molecule has 0 saturated carbocycles. The third-order valence-electron chi connectivity index (χ3n) is 3.26. The summed E-state index contributed by atoms with van der Waals surface area (Å²) in [6.07, 6.45) is 7.60. The van der Waals surface area contributed by atoms with Crippen LogP contribution in [0.3, 0.4) is 0 Å². The Morgan fingerprint density at radius 3 is 2.95 bits per heavy atom. The van der Waals surface area contributed by atoms with Gasteiger partial charge in [0.1, 0.15) is 5.75 Å². The standard InChI is InChI=1S/C15H19F2NO/c1-11-4-2-6-13(18-11)9-8-12-5-3-7-14(10-12)19-15(16)17/h3,5,7-11,13,15,18H,2,4,6H2,1H3/b9-8+. The summed E-state index contributed by atoms with van der Waals surface area (Å²) in [5, 5.41) is 3.50. The maximum atomic E-state index is 12.1. The Kier molecular flexibility index (Phi) is 4.91. The lowest BCUT2D eigenvalue weighted by molar-refractivity contribution is -0.0498. The van der Waals surface area contributed by atoms with Crippen molar-refractivity contribution in [2.75, 3.05) is 0 Å². The SMILES string of the molecule is CC1CCCC(/C=C/c2cccc(OC(F)F)c2)N1. The van der Waals surface area contributed by atoms with E-state index in [0.717, 1.165) is 12.0 Å². The molecule has 0 radical (unpaired) electrons. The van der Waals surface area contributed by atoms with Gasteiger partial charge in [0.05, 0.1) is 0 Å². The van der Waals surface area contributed by atoms with Gasteiger partial charge in [0, 0.05) is 12.1 Å². The Morgan fingerprint density at radius 1 is 1.37 bits per heavy atom. The fourth-order valence-corrected chi connectivity index (χ4v) is 2.35. The highest BCUT2D eigenvalue weighted by Crippen LogP contribution is 2.18. The van der Waals surface area contributed by atoms with Crippen LogP contribution in [0.2, 0.25) is 0 Å². The van der Waals surface area contributed by atoms with Gasteiger partial charge in [0.2, 0.25) is 0 Å². The van der Waals surface area contributed by atoms with E-state index in [4.69, 9.17) is 0 Å². The molecule has 0 spiro atoms. The average Bonchev–Trinajstić information content (AvgIpc) is 2.36. The molecule has 1 aliphatic rings. The van der Waals surface area contributed by atoms with Crippen molar-refractivity contribution in [3.63, 3.8) is 0 Å². The summed E-state index contributed by atoms with van der Waals surface area (Å²) in [7, 11) is 0. The molecule has 2 unspecified atom stereocenters. The van der Waals surface area contributed by atoms with Crippen molar-refractivity contribution < 1.29 is 13.5 Å². The molecular weight excluding hydrogens is 248 g/mol. The number of alkyl halides is 2. The van der Waals surface area contributed by atoms with Gasteiger partial charge in [-0.25, -0.2) is 0 Å². The Labute approximate surface area is 112 Å². The molecule has 2 rings (SSSR count). The smallest absolute Gasteiger partial charge is 0.387 e. The van der Waals surface area contributed by atoms with Gasteiger partial charge in [-0.2, -0.15) is 8.78 Å². The normalized spacial score (nSPS) is 24.0. The average molecular weight is 267 g/mol. The van der Waals surface area contributed by atoms with E-state index in [1.807, 2.05) is 12.1 Å². The van der Waals surface area contributed by atoms with E-state index in [2.05, 4.69) is 23.1 Å². The second-order valence-corrected chi connectivity index (χ2v) is 4.92. The first-order valence-corrected chi connectivity index (χ1v) is 6.62. The Bertz CT molecular complexity index is 434. The number of piperidine rings is 1. The monoisotopic (exact) mass is 267 g/mol. The molecule has 1 N–H and O–H groups in total. The summed E-state index contributed by atoms with van der Waals surface area (Å²) in [5.41, 5.74) is 0.873. The minimum absolute atomic E-state index is 0.196. The van der Waals surface area contributed by atoms with Crippen LogP contribution in [0.15, 0.2) is 30.3 Å². The van der Waals surface area contributed by atoms with Gasteiger partial charge in [0.25, 0.3) is 0 Å². The van der Waals surface area contributed by atoms with Crippen LogP contribution in [0.5, 0.6) is 5.75 Å². The predicted molar refractivity (Wildman–Crippen MR) is 72.3 cm³/mol. The fourth-order valence-electron chi connectivity index (χ4n) is 2.35. The highest BCUT2D eigenvalue weighted by Gasteiger charge is 2.14. The number of rotatable bonds is 4. The molecule has 1 aliphatic heterocycles. The topological polar surface area (TPSA) is 21.3 Å². The lowest BCUT2D eigenvalue weighted by atomic mass is 9.99. The van der Waals surface area contributed by atoms with Gasteiger partial charge in [-0.15, -0.1) is 0 Å². The maximum Gasteiger partial charge on any atom is 0.387 e. The Hall–Kier alpha value is -1.42. The zero-order valence-corrected chi connectivity index (χ0v) is 11.0. The van der Waals surface area contributed by atoms with Crippen LogP contribution < -0.4 is 10.1 Å². The molecule has 0 aliphatic carbocycles. The third-order valence-corrected chi connectivity index (χ3v) is 3.26. The van der Waals surface area contributed by atoms with Gasteiger partial charge in [-0.3, -0.25) is 0 Å². The lowest BCUT2D eigenvalue weighted by Crippen LogP contribution is -2.39. The van der Waals surface area contributed by atoms with E-state index < -0.39 is 6.61 Å². The zero-order chi connectivity index (χ0) is 13.7. The van der Waals surface area contributed by atoms with E-state index in [1.54, 1.807) is 12.1 Å². The minimum atomic E-state index is -2.78. The Balaban J connectivity index is 1.98. The van der Waals surface area contributed by atoms with Crippen LogP contribution in [0.4, 0.5) is 8.78 Å². The summed E-state index contributed by atoms with van der Waals surface area (Å²) < 4.78 is 28.6. The van der Waals surface area contributed by atoms with Crippen LogP contribution in [-0.2, 0) is 0 Å². The molecule has 1 heterocycles. The van der Waals surface area contributed by atoms with Crippen molar-refractivity contribution >= 4 is 6.08 Å². The second-order valence-electron chi connectivity index (χ2n) is 4.92. The van der Waals surface area contributed by atoms with Crippen molar-refractivity contribution in [2.24, 2.45) is 0 Å². The second kappa shape index (κ2) is 6.66. The lowest BCUT2D eigenvalue weighted by Gasteiger charge is -2.26. The quantitative estimate of drug-likeness (QED) is 0.895. The Morgan fingerprint density at radius 2 is 2.21 bits per heavy atom. The predicted octanol–water partition coefficient (Wildman–Crippen LogP) is 3.83. The van der Waals surface area contributed by atoms with Crippen LogP contribution >= 0.6 is 0 Å². The number of halogens is 2. The van der Waals surface area contributed by atoms with E-state index in [1.165, 1.54) is 18.9 Å². The van der Waals surface area contributed by atoms with Gasteiger partial charge >= 0.3 is 6.61 Å². The van der Waals surface area contributed by atoms with Crippen LogP contribution in [0.1, 0.15) is 31.7 Å². The van der Waals surface area contributed by atoms with E-state index in [9.17, 15) is 8.78 Å². The summed E-state index contributed by atoms with van der Waals surface area (Å²) in [6.45, 7) is -0.600. The first kappa shape index (κ1) is 14.0.